The third-order valence-electron chi connectivity index (χ3n) is 4.26. The van der Waals surface area contributed by atoms with Crippen LogP contribution in [0.4, 0.5) is 0 Å². The molecule has 2 N–H and O–H groups in total. The molecule has 0 aliphatic heterocycles. The molecule has 0 unspecified atom stereocenters. The van der Waals surface area contributed by atoms with E-state index in [1.165, 1.54) is 0 Å². The van der Waals surface area contributed by atoms with E-state index in [0.717, 1.165) is 31.2 Å². The Morgan fingerprint density at radius 3 is 2.52 bits per heavy atom. The average molecular weight is 319 g/mol. The highest BCUT2D eigenvalue weighted by Crippen LogP contribution is 2.32. The second kappa shape index (κ2) is 8.67. The van der Waals surface area contributed by atoms with E-state index in [0.29, 0.717) is 26.1 Å². The molecule has 1 aliphatic rings. The quantitative estimate of drug-likeness (QED) is 0.686. The number of carboxylic acid groups (broad SMARTS) is 1. The molecule has 1 saturated carbocycles. The van der Waals surface area contributed by atoms with Gasteiger partial charge in [-0.05, 0) is 24.8 Å². The van der Waals surface area contributed by atoms with Gasteiger partial charge < -0.3 is 15.2 Å². The molecule has 5 heteroatoms. The van der Waals surface area contributed by atoms with Gasteiger partial charge in [-0.15, -0.1) is 0 Å². The molecule has 5 nitrogen and oxygen atoms in total. The molecule has 1 aromatic rings. The minimum atomic E-state index is -0.849. The van der Waals surface area contributed by atoms with Crippen LogP contribution in [0.25, 0.3) is 0 Å². The van der Waals surface area contributed by atoms with E-state index < -0.39 is 11.5 Å². The van der Waals surface area contributed by atoms with E-state index in [1.807, 2.05) is 30.3 Å². The zero-order valence-corrected chi connectivity index (χ0v) is 13.4. The van der Waals surface area contributed by atoms with Crippen molar-refractivity contribution in [2.75, 3.05) is 6.61 Å². The van der Waals surface area contributed by atoms with E-state index in [4.69, 9.17) is 9.84 Å². The molecular weight excluding hydrogens is 294 g/mol. The lowest BCUT2D eigenvalue weighted by molar-refractivity contribution is -0.139. The van der Waals surface area contributed by atoms with Gasteiger partial charge in [0, 0.05) is 13.0 Å². The maximum atomic E-state index is 12.1. The van der Waals surface area contributed by atoms with Gasteiger partial charge in [-0.2, -0.15) is 0 Å². The van der Waals surface area contributed by atoms with Gasteiger partial charge in [0.1, 0.15) is 0 Å². The standard InChI is InChI=1S/C18H25NO4/c20-16(19-18(13-17(21)22)10-4-5-11-18)9-6-12-23-14-15-7-2-1-3-8-15/h1-3,7-8H,4-6,9-14H2,(H,19,20)(H,21,22). The SMILES string of the molecule is O=C(O)CC1(NC(=O)CCCOCc2ccccc2)CCCC1. The summed E-state index contributed by atoms with van der Waals surface area (Å²) in [4.78, 5) is 23.1. The molecule has 0 radical (unpaired) electrons. The number of hydrogen-bond donors (Lipinski definition) is 2. The van der Waals surface area contributed by atoms with Crippen molar-refractivity contribution in [3.8, 4) is 0 Å². The van der Waals surface area contributed by atoms with Crippen LogP contribution in [0.1, 0.15) is 50.5 Å². The topological polar surface area (TPSA) is 75.6 Å². The fraction of sp³-hybridized carbons (Fsp3) is 0.556. The fourth-order valence-corrected chi connectivity index (χ4v) is 3.14. The summed E-state index contributed by atoms with van der Waals surface area (Å²) in [6.07, 6.45) is 4.51. The molecule has 0 heterocycles. The average Bonchev–Trinajstić information content (AvgIpc) is 2.95. The zero-order valence-electron chi connectivity index (χ0n) is 13.4. The number of carbonyl (C=O) groups excluding carboxylic acids is 1. The first-order valence-corrected chi connectivity index (χ1v) is 8.24. The number of benzene rings is 1. The van der Waals surface area contributed by atoms with Crippen LogP contribution in [0.5, 0.6) is 0 Å². The Labute approximate surface area is 137 Å². The lowest BCUT2D eigenvalue weighted by Crippen LogP contribution is -2.47. The van der Waals surface area contributed by atoms with Crippen LogP contribution in [0.2, 0.25) is 0 Å². The van der Waals surface area contributed by atoms with Gasteiger partial charge in [0.15, 0.2) is 0 Å². The number of carboxylic acids is 1. The van der Waals surface area contributed by atoms with Crippen LogP contribution in [-0.4, -0.2) is 29.1 Å². The van der Waals surface area contributed by atoms with Gasteiger partial charge in [0.25, 0.3) is 0 Å². The van der Waals surface area contributed by atoms with Crippen LogP contribution in [0.15, 0.2) is 30.3 Å². The Morgan fingerprint density at radius 1 is 1.17 bits per heavy atom. The smallest absolute Gasteiger partial charge is 0.305 e. The first-order chi connectivity index (χ1) is 11.1. The first-order valence-electron chi connectivity index (χ1n) is 8.24. The number of amides is 1. The van der Waals surface area contributed by atoms with Crippen molar-refractivity contribution in [1.82, 2.24) is 5.32 Å². The lowest BCUT2D eigenvalue weighted by atomic mass is 9.93. The molecule has 1 amide bonds. The normalized spacial score (nSPS) is 16.2. The predicted octanol–water partition coefficient (Wildman–Crippen LogP) is 2.89. The van der Waals surface area contributed by atoms with Crippen molar-refractivity contribution in [2.45, 2.75) is 57.1 Å². The Hall–Kier alpha value is -1.88. The largest absolute Gasteiger partial charge is 0.481 e. The summed E-state index contributed by atoms with van der Waals surface area (Å²) in [5, 5.41) is 12.0. The summed E-state index contributed by atoms with van der Waals surface area (Å²) < 4.78 is 5.56. The maximum Gasteiger partial charge on any atom is 0.305 e. The molecular formula is C18H25NO4. The lowest BCUT2D eigenvalue weighted by Gasteiger charge is -2.28. The Kier molecular flexibility index (Phi) is 6.59. The molecule has 2 rings (SSSR count). The van der Waals surface area contributed by atoms with Crippen molar-refractivity contribution >= 4 is 11.9 Å². The van der Waals surface area contributed by atoms with E-state index in [-0.39, 0.29) is 12.3 Å². The Morgan fingerprint density at radius 2 is 1.87 bits per heavy atom. The molecule has 1 aliphatic carbocycles. The zero-order chi connectivity index (χ0) is 16.5. The van der Waals surface area contributed by atoms with Crippen molar-refractivity contribution in [1.29, 1.82) is 0 Å². The summed E-state index contributed by atoms with van der Waals surface area (Å²) in [6, 6.07) is 9.90. The third kappa shape index (κ3) is 6.02. The van der Waals surface area contributed by atoms with Gasteiger partial charge >= 0.3 is 5.97 Å². The third-order valence-corrected chi connectivity index (χ3v) is 4.26. The van der Waals surface area contributed by atoms with E-state index in [1.54, 1.807) is 0 Å². The highest BCUT2D eigenvalue weighted by molar-refractivity contribution is 5.78. The fourth-order valence-electron chi connectivity index (χ4n) is 3.14. The summed E-state index contributed by atoms with van der Waals surface area (Å²) in [5.41, 5.74) is 0.580. The van der Waals surface area contributed by atoms with Gasteiger partial charge in [-0.1, -0.05) is 43.2 Å². The summed E-state index contributed by atoms with van der Waals surface area (Å²) in [7, 11) is 0. The van der Waals surface area contributed by atoms with Crippen LogP contribution in [0, 0.1) is 0 Å². The first kappa shape index (κ1) is 17.5. The number of carbonyl (C=O) groups is 2. The van der Waals surface area contributed by atoms with Crippen LogP contribution in [-0.2, 0) is 20.9 Å². The van der Waals surface area contributed by atoms with Crippen LogP contribution >= 0.6 is 0 Å². The number of aliphatic carboxylic acids is 1. The molecule has 0 saturated heterocycles. The number of nitrogens with one attached hydrogen (secondary N) is 1. The predicted molar refractivity (Wildman–Crippen MR) is 86.9 cm³/mol. The Balaban J connectivity index is 1.65. The summed E-state index contributed by atoms with van der Waals surface area (Å²) >= 11 is 0. The van der Waals surface area contributed by atoms with Gasteiger partial charge in [-0.25, -0.2) is 0 Å². The molecule has 0 atom stereocenters. The molecule has 0 bridgehead atoms. The maximum absolute atomic E-state index is 12.1. The van der Waals surface area contributed by atoms with Gasteiger partial charge in [0.2, 0.25) is 5.91 Å². The van der Waals surface area contributed by atoms with E-state index in [9.17, 15) is 9.59 Å². The number of rotatable bonds is 9. The van der Waals surface area contributed by atoms with E-state index in [2.05, 4.69) is 5.32 Å². The minimum absolute atomic E-state index is 0.0171. The highest BCUT2D eigenvalue weighted by Gasteiger charge is 2.37. The second-order valence-electron chi connectivity index (χ2n) is 6.25. The van der Waals surface area contributed by atoms with E-state index >= 15 is 0 Å². The van der Waals surface area contributed by atoms with Gasteiger partial charge in [-0.3, -0.25) is 9.59 Å². The second-order valence-corrected chi connectivity index (χ2v) is 6.25. The molecule has 1 fully saturated rings. The Bertz CT molecular complexity index is 509. The molecule has 1 aromatic carbocycles. The van der Waals surface area contributed by atoms with Crippen molar-refractivity contribution < 1.29 is 19.4 Å². The minimum Gasteiger partial charge on any atom is -0.481 e. The number of hydrogen-bond acceptors (Lipinski definition) is 3. The van der Waals surface area contributed by atoms with Crippen molar-refractivity contribution in [3.63, 3.8) is 0 Å². The monoisotopic (exact) mass is 319 g/mol. The van der Waals surface area contributed by atoms with Crippen LogP contribution in [0.3, 0.4) is 0 Å². The molecule has 126 valence electrons. The van der Waals surface area contributed by atoms with Crippen LogP contribution < -0.4 is 5.32 Å². The van der Waals surface area contributed by atoms with Gasteiger partial charge in [0.05, 0.1) is 18.6 Å². The number of ether oxygens (including phenoxy) is 1. The van der Waals surface area contributed by atoms with Crippen molar-refractivity contribution in [3.05, 3.63) is 35.9 Å². The van der Waals surface area contributed by atoms with Crippen molar-refractivity contribution in [2.24, 2.45) is 0 Å². The summed E-state index contributed by atoms with van der Waals surface area (Å²) in [6.45, 7) is 1.07. The molecule has 0 aromatic heterocycles. The molecule has 0 spiro atoms. The summed E-state index contributed by atoms with van der Waals surface area (Å²) in [5.74, 6) is -0.921. The highest BCUT2D eigenvalue weighted by atomic mass is 16.5. The molecule has 23 heavy (non-hydrogen) atoms.